The number of hydrogen-bond acceptors (Lipinski definition) is 4. The normalized spacial score (nSPS) is 15.6. The second-order valence-corrected chi connectivity index (χ2v) is 6.76. The fourth-order valence-corrected chi connectivity index (χ4v) is 3.58. The maximum Gasteiger partial charge on any atom is 0.226 e. The number of ketones is 1. The number of methoxy groups -OCH3 is 1. The number of nitrogens with zero attached hydrogens (tertiary/aromatic N) is 2. The number of Topliss-reactive ketones (excluding diaryl/α,β-unsaturated/α-hetero) is 1. The zero-order chi connectivity index (χ0) is 20.7. The number of halogens is 2. The van der Waals surface area contributed by atoms with Crippen LogP contribution in [0.5, 0.6) is 5.75 Å². The van der Waals surface area contributed by atoms with Crippen molar-refractivity contribution in [3.8, 4) is 11.4 Å². The van der Waals surface area contributed by atoms with Gasteiger partial charge < -0.3 is 10.1 Å². The number of aryl methyl sites for hydroxylation is 1. The summed E-state index contributed by atoms with van der Waals surface area (Å²) in [6.45, 7) is 1.68. The SMILES string of the molecule is COc1cccc(C(=O)[C@H]2CC(=O)Nc3c2c(C)nn3-c2ccc(F)cc2F)c1. The predicted octanol–water partition coefficient (Wildman–Crippen LogP) is 3.78. The number of carbonyl (C=O) groups is 2. The summed E-state index contributed by atoms with van der Waals surface area (Å²) in [6, 6.07) is 9.74. The lowest BCUT2D eigenvalue weighted by molar-refractivity contribution is -0.116. The molecule has 0 radical (unpaired) electrons. The molecule has 2 heterocycles. The third kappa shape index (κ3) is 3.26. The van der Waals surface area contributed by atoms with E-state index in [1.54, 1.807) is 31.2 Å². The molecule has 0 unspecified atom stereocenters. The maximum absolute atomic E-state index is 14.3. The van der Waals surface area contributed by atoms with Crippen molar-refractivity contribution in [2.24, 2.45) is 0 Å². The molecule has 0 spiro atoms. The summed E-state index contributed by atoms with van der Waals surface area (Å²) in [5, 5.41) is 6.98. The highest BCUT2D eigenvalue weighted by atomic mass is 19.1. The Morgan fingerprint density at radius 2 is 2.03 bits per heavy atom. The Balaban J connectivity index is 1.82. The van der Waals surface area contributed by atoms with Gasteiger partial charge in [0.05, 0.1) is 18.7 Å². The Labute approximate surface area is 165 Å². The number of benzene rings is 2. The average molecular weight is 397 g/mol. The van der Waals surface area contributed by atoms with Crippen molar-refractivity contribution in [2.45, 2.75) is 19.3 Å². The Bertz CT molecular complexity index is 1140. The number of aromatic nitrogens is 2. The van der Waals surface area contributed by atoms with E-state index in [9.17, 15) is 18.4 Å². The topological polar surface area (TPSA) is 73.2 Å². The van der Waals surface area contributed by atoms with E-state index < -0.39 is 17.6 Å². The maximum atomic E-state index is 14.3. The third-order valence-electron chi connectivity index (χ3n) is 4.91. The van der Waals surface area contributed by atoms with Crippen LogP contribution in [-0.2, 0) is 4.79 Å². The first-order valence-corrected chi connectivity index (χ1v) is 8.92. The molecule has 0 fully saturated rings. The van der Waals surface area contributed by atoms with E-state index in [1.165, 1.54) is 17.9 Å². The zero-order valence-electron chi connectivity index (χ0n) is 15.7. The molecular weight excluding hydrogens is 380 g/mol. The quantitative estimate of drug-likeness (QED) is 0.680. The van der Waals surface area contributed by atoms with Crippen molar-refractivity contribution in [1.29, 1.82) is 0 Å². The molecule has 0 saturated heterocycles. The van der Waals surface area contributed by atoms with Gasteiger partial charge in [-0.3, -0.25) is 9.59 Å². The third-order valence-corrected chi connectivity index (χ3v) is 4.91. The predicted molar refractivity (Wildman–Crippen MR) is 102 cm³/mol. The first-order chi connectivity index (χ1) is 13.9. The summed E-state index contributed by atoms with van der Waals surface area (Å²) >= 11 is 0. The fourth-order valence-electron chi connectivity index (χ4n) is 3.58. The van der Waals surface area contributed by atoms with Gasteiger partial charge in [-0.05, 0) is 31.2 Å². The second-order valence-electron chi connectivity index (χ2n) is 6.76. The van der Waals surface area contributed by atoms with Crippen LogP contribution >= 0.6 is 0 Å². The van der Waals surface area contributed by atoms with Crippen molar-refractivity contribution >= 4 is 17.5 Å². The van der Waals surface area contributed by atoms with Gasteiger partial charge in [0.25, 0.3) is 0 Å². The van der Waals surface area contributed by atoms with Crippen LogP contribution in [0.25, 0.3) is 5.69 Å². The molecule has 8 heteroatoms. The van der Waals surface area contributed by atoms with Crippen LogP contribution in [0.1, 0.15) is 34.0 Å². The first kappa shape index (κ1) is 18.8. The minimum absolute atomic E-state index is 0.0227. The van der Waals surface area contributed by atoms with Crippen LogP contribution in [-0.4, -0.2) is 28.6 Å². The minimum Gasteiger partial charge on any atom is -0.497 e. The van der Waals surface area contributed by atoms with Crippen molar-refractivity contribution in [3.63, 3.8) is 0 Å². The van der Waals surface area contributed by atoms with Gasteiger partial charge in [0, 0.05) is 23.6 Å². The molecule has 148 valence electrons. The summed E-state index contributed by atoms with van der Waals surface area (Å²) < 4.78 is 34.0. The highest BCUT2D eigenvalue weighted by Crippen LogP contribution is 2.38. The van der Waals surface area contributed by atoms with E-state index >= 15 is 0 Å². The smallest absolute Gasteiger partial charge is 0.226 e. The molecule has 1 atom stereocenters. The van der Waals surface area contributed by atoms with Gasteiger partial charge in [-0.15, -0.1) is 0 Å². The molecule has 2 aromatic carbocycles. The van der Waals surface area contributed by atoms with E-state index in [0.717, 1.165) is 12.1 Å². The number of anilines is 1. The summed E-state index contributed by atoms with van der Waals surface area (Å²) in [6.07, 6.45) is -0.0541. The summed E-state index contributed by atoms with van der Waals surface area (Å²) in [7, 11) is 1.50. The summed E-state index contributed by atoms with van der Waals surface area (Å²) in [4.78, 5) is 25.5. The Hall–Kier alpha value is -3.55. The lowest BCUT2D eigenvalue weighted by atomic mass is 9.85. The van der Waals surface area contributed by atoms with Gasteiger partial charge in [0.15, 0.2) is 11.6 Å². The second kappa shape index (κ2) is 7.12. The van der Waals surface area contributed by atoms with E-state index in [4.69, 9.17) is 4.74 Å². The number of carbonyl (C=O) groups excluding carboxylic acids is 2. The molecule has 4 rings (SSSR count). The minimum atomic E-state index is -0.828. The van der Waals surface area contributed by atoms with Crippen LogP contribution < -0.4 is 10.1 Å². The molecular formula is C21H17F2N3O3. The number of rotatable bonds is 4. The van der Waals surface area contributed by atoms with E-state index in [1.807, 2.05) is 0 Å². The number of ether oxygens (including phenoxy) is 1. The number of fused-ring (bicyclic) bond motifs is 1. The van der Waals surface area contributed by atoms with E-state index in [2.05, 4.69) is 10.4 Å². The van der Waals surface area contributed by atoms with Crippen LogP contribution in [0, 0.1) is 18.6 Å². The largest absolute Gasteiger partial charge is 0.497 e. The van der Waals surface area contributed by atoms with Crippen LogP contribution in [0.2, 0.25) is 0 Å². The van der Waals surface area contributed by atoms with Gasteiger partial charge in [0.1, 0.15) is 23.1 Å². The molecule has 1 amide bonds. The van der Waals surface area contributed by atoms with Gasteiger partial charge in [0.2, 0.25) is 5.91 Å². The van der Waals surface area contributed by atoms with Crippen LogP contribution in [0.15, 0.2) is 42.5 Å². The molecule has 1 N–H and O–H groups in total. The lowest BCUT2D eigenvalue weighted by Crippen LogP contribution is -2.28. The van der Waals surface area contributed by atoms with Gasteiger partial charge in [-0.2, -0.15) is 5.10 Å². The molecule has 6 nitrogen and oxygen atoms in total. The molecule has 1 aromatic heterocycles. The van der Waals surface area contributed by atoms with E-state index in [-0.39, 0.29) is 29.6 Å². The standard InChI is InChI=1S/C21H17F2N3O3/c1-11-19-15(20(28)12-4-3-5-14(8-12)29-2)10-18(27)24-21(19)26(25-11)17-7-6-13(22)9-16(17)23/h3-9,15H,10H2,1-2H3,(H,24,27)/t15-/m0/s1. The highest BCUT2D eigenvalue weighted by molar-refractivity contribution is 6.08. The van der Waals surface area contributed by atoms with Gasteiger partial charge >= 0.3 is 0 Å². The Kier molecular flexibility index (Phi) is 4.62. The number of nitrogens with one attached hydrogen (secondary N) is 1. The first-order valence-electron chi connectivity index (χ1n) is 8.92. The zero-order valence-corrected chi connectivity index (χ0v) is 15.7. The van der Waals surface area contributed by atoms with E-state index in [0.29, 0.717) is 22.6 Å². The average Bonchev–Trinajstić information content (AvgIpc) is 3.03. The van der Waals surface area contributed by atoms with Crippen LogP contribution in [0.4, 0.5) is 14.6 Å². The molecule has 0 bridgehead atoms. The van der Waals surface area contributed by atoms with Crippen LogP contribution in [0.3, 0.4) is 0 Å². The van der Waals surface area contributed by atoms with Gasteiger partial charge in [-0.1, -0.05) is 12.1 Å². The summed E-state index contributed by atoms with van der Waals surface area (Å²) in [5.41, 5.74) is 1.37. The molecule has 1 aliphatic rings. The lowest BCUT2D eigenvalue weighted by Gasteiger charge is -2.23. The fraction of sp³-hybridized carbons (Fsp3) is 0.190. The highest BCUT2D eigenvalue weighted by Gasteiger charge is 2.36. The molecule has 3 aromatic rings. The van der Waals surface area contributed by atoms with Crippen molar-refractivity contribution in [1.82, 2.24) is 9.78 Å². The monoisotopic (exact) mass is 397 g/mol. The molecule has 1 aliphatic heterocycles. The Morgan fingerprint density at radius 1 is 1.24 bits per heavy atom. The van der Waals surface area contributed by atoms with Crippen molar-refractivity contribution in [2.75, 3.05) is 12.4 Å². The number of hydrogen-bond donors (Lipinski definition) is 1. The Morgan fingerprint density at radius 3 is 2.76 bits per heavy atom. The summed E-state index contributed by atoms with van der Waals surface area (Å²) in [5.74, 6) is -2.24. The molecule has 0 saturated carbocycles. The van der Waals surface area contributed by atoms with Gasteiger partial charge in [-0.25, -0.2) is 13.5 Å². The molecule has 0 aliphatic carbocycles. The molecule has 29 heavy (non-hydrogen) atoms. The van der Waals surface area contributed by atoms with Crippen molar-refractivity contribution < 1.29 is 23.1 Å². The number of amides is 1. The van der Waals surface area contributed by atoms with Crippen molar-refractivity contribution in [3.05, 3.63) is 70.9 Å².